The molecule has 0 spiro atoms. The molecule has 1 saturated heterocycles. The fourth-order valence-electron chi connectivity index (χ4n) is 2.02. The van der Waals surface area contributed by atoms with Crippen LogP contribution in [0.15, 0.2) is 0 Å². The SMILES string of the molecule is CCCCNC(=O)CN1CCCC1CN. The highest BCUT2D eigenvalue weighted by Crippen LogP contribution is 2.14. The van der Waals surface area contributed by atoms with Gasteiger partial charge in [0.15, 0.2) is 0 Å². The summed E-state index contributed by atoms with van der Waals surface area (Å²) in [5, 5.41) is 2.93. The van der Waals surface area contributed by atoms with Gasteiger partial charge in [0.05, 0.1) is 6.54 Å². The summed E-state index contributed by atoms with van der Waals surface area (Å²) < 4.78 is 0. The molecule has 3 N–H and O–H groups in total. The Balaban J connectivity index is 2.19. The first kappa shape index (κ1) is 12.5. The average Bonchev–Trinajstić information content (AvgIpc) is 2.65. The molecule has 4 heteroatoms. The zero-order chi connectivity index (χ0) is 11.1. The minimum Gasteiger partial charge on any atom is -0.355 e. The molecule has 1 aliphatic rings. The molecule has 0 aromatic carbocycles. The molecule has 0 saturated carbocycles. The van der Waals surface area contributed by atoms with Crippen molar-refractivity contribution in [3.8, 4) is 0 Å². The van der Waals surface area contributed by atoms with E-state index >= 15 is 0 Å². The molecule has 4 nitrogen and oxygen atoms in total. The zero-order valence-corrected chi connectivity index (χ0v) is 9.67. The minimum absolute atomic E-state index is 0.142. The van der Waals surface area contributed by atoms with Crippen LogP contribution in [0.3, 0.4) is 0 Å². The number of nitrogens with two attached hydrogens (primary N) is 1. The van der Waals surface area contributed by atoms with Gasteiger partial charge in [-0.1, -0.05) is 13.3 Å². The standard InChI is InChI=1S/C11H23N3O/c1-2-3-6-13-11(15)9-14-7-4-5-10(14)8-12/h10H,2-9,12H2,1H3,(H,13,15). The Bertz CT molecular complexity index is 196. The van der Waals surface area contributed by atoms with Gasteiger partial charge in [0.1, 0.15) is 0 Å². The summed E-state index contributed by atoms with van der Waals surface area (Å²) in [5.41, 5.74) is 5.65. The van der Waals surface area contributed by atoms with Gasteiger partial charge < -0.3 is 11.1 Å². The van der Waals surface area contributed by atoms with Gasteiger partial charge in [0.2, 0.25) is 5.91 Å². The van der Waals surface area contributed by atoms with Crippen LogP contribution in [-0.4, -0.2) is 43.0 Å². The predicted octanol–water partition coefficient (Wildman–Crippen LogP) is 0.326. The molecule has 1 amide bonds. The molecule has 1 unspecified atom stereocenters. The summed E-state index contributed by atoms with van der Waals surface area (Å²) in [7, 11) is 0. The zero-order valence-electron chi connectivity index (χ0n) is 9.67. The average molecular weight is 213 g/mol. The van der Waals surface area contributed by atoms with Crippen LogP contribution < -0.4 is 11.1 Å². The summed E-state index contributed by atoms with van der Waals surface area (Å²) in [6.07, 6.45) is 4.49. The van der Waals surface area contributed by atoms with E-state index in [1.54, 1.807) is 0 Å². The van der Waals surface area contributed by atoms with Crippen molar-refractivity contribution in [1.29, 1.82) is 0 Å². The third-order valence-corrected chi connectivity index (χ3v) is 2.97. The quantitative estimate of drug-likeness (QED) is 0.625. The summed E-state index contributed by atoms with van der Waals surface area (Å²) in [5.74, 6) is 0.142. The van der Waals surface area contributed by atoms with Gasteiger partial charge in [-0.3, -0.25) is 9.69 Å². The van der Waals surface area contributed by atoms with Crippen LogP contribution in [0.4, 0.5) is 0 Å². The van der Waals surface area contributed by atoms with Crippen molar-refractivity contribution in [3.05, 3.63) is 0 Å². The first-order valence-electron chi connectivity index (χ1n) is 5.98. The van der Waals surface area contributed by atoms with Gasteiger partial charge in [-0.05, 0) is 25.8 Å². The molecular weight excluding hydrogens is 190 g/mol. The third-order valence-electron chi connectivity index (χ3n) is 2.97. The van der Waals surface area contributed by atoms with E-state index in [1.165, 1.54) is 6.42 Å². The second-order valence-electron chi connectivity index (χ2n) is 4.21. The van der Waals surface area contributed by atoms with E-state index in [1.807, 2.05) is 0 Å². The summed E-state index contributed by atoms with van der Waals surface area (Å²) in [6.45, 7) is 5.13. The molecule has 0 radical (unpaired) electrons. The van der Waals surface area contributed by atoms with Gasteiger partial charge >= 0.3 is 0 Å². The number of carbonyl (C=O) groups is 1. The van der Waals surface area contributed by atoms with Crippen LogP contribution in [0.2, 0.25) is 0 Å². The van der Waals surface area contributed by atoms with Gasteiger partial charge in [-0.2, -0.15) is 0 Å². The topological polar surface area (TPSA) is 58.4 Å². The van der Waals surface area contributed by atoms with Gasteiger partial charge in [0, 0.05) is 19.1 Å². The molecule has 0 aromatic heterocycles. The maximum Gasteiger partial charge on any atom is 0.234 e. The van der Waals surface area contributed by atoms with Crippen LogP contribution in [0.25, 0.3) is 0 Å². The largest absolute Gasteiger partial charge is 0.355 e. The van der Waals surface area contributed by atoms with E-state index in [2.05, 4.69) is 17.1 Å². The molecule has 88 valence electrons. The Labute approximate surface area is 92.2 Å². The third kappa shape index (κ3) is 4.18. The molecule has 15 heavy (non-hydrogen) atoms. The van der Waals surface area contributed by atoms with Crippen molar-refractivity contribution in [1.82, 2.24) is 10.2 Å². The number of nitrogens with one attached hydrogen (secondary N) is 1. The van der Waals surface area contributed by atoms with Crippen molar-refractivity contribution in [2.75, 3.05) is 26.2 Å². The Morgan fingerprint density at radius 3 is 3.07 bits per heavy atom. The molecule has 0 aliphatic carbocycles. The maximum absolute atomic E-state index is 11.5. The number of carbonyl (C=O) groups excluding carboxylic acids is 1. The summed E-state index contributed by atoms with van der Waals surface area (Å²) in [4.78, 5) is 13.7. The lowest BCUT2D eigenvalue weighted by molar-refractivity contribution is -0.122. The maximum atomic E-state index is 11.5. The van der Waals surface area contributed by atoms with Crippen LogP contribution in [0, 0.1) is 0 Å². The van der Waals surface area contributed by atoms with Crippen LogP contribution in [-0.2, 0) is 4.79 Å². The van der Waals surface area contributed by atoms with E-state index < -0.39 is 0 Å². The highest BCUT2D eigenvalue weighted by atomic mass is 16.2. The molecule has 0 aromatic rings. The molecule has 1 aliphatic heterocycles. The Kier molecular flexibility index (Phi) is 5.65. The number of hydrogen-bond donors (Lipinski definition) is 2. The lowest BCUT2D eigenvalue weighted by Crippen LogP contribution is -2.42. The Hall–Kier alpha value is -0.610. The molecular formula is C11H23N3O. The molecule has 1 fully saturated rings. The van der Waals surface area contributed by atoms with Crippen LogP contribution in [0.1, 0.15) is 32.6 Å². The molecule has 1 heterocycles. The highest BCUT2D eigenvalue weighted by Gasteiger charge is 2.24. The van der Waals surface area contributed by atoms with E-state index in [0.29, 0.717) is 19.1 Å². The number of amides is 1. The Morgan fingerprint density at radius 1 is 1.60 bits per heavy atom. The Morgan fingerprint density at radius 2 is 2.40 bits per heavy atom. The molecule has 1 atom stereocenters. The van der Waals surface area contributed by atoms with Crippen molar-refractivity contribution in [2.24, 2.45) is 5.73 Å². The normalized spacial score (nSPS) is 21.9. The van der Waals surface area contributed by atoms with Gasteiger partial charge in [-0.15, -0.1) is 0 Å². The van der Waals surface area contributed by atoms with E-state index in [-0.39, 0.29) is 5.91 Å². The highest BCUT2D eigenvalue weighted by molar-refractivity contribution is 5.78. The number of unbranched alkanes of at least 4 members (excludes halogenated alkanes) is 1. The van der Waals surface area contributed by atoms with Crippen molar-refractivity contribution in [2.45, 2.75) is 38.6 Å². The molecule has 0 bridgehead atoms. The van der Waals surface area contributed by atoms with E-state index in [0.717, 1.165) is 32.4 Å². The second kappa shape index (κ2) is 6.80. The lowest BCUT2D eigenvalue weighted by Gasteiger charge is -2.22. The number of nitrogens with zero attached hydrogens (tertiary/aromatic N) is 1. The lowest BCUT2D eigenvalue weighted by atomic mass is 10.2. The van der Waals surface area contributed by atoms with Gasteiger partial charge in [0.25, 0.3) is 0 Å². The van der Waals surface area contributed by atoms with E-state index in [9.17, 15) is 4.79 Å². The van der Waals surface area contributed by atoms with Crippen molar-refractivity contribution < 1.29 is 4.79 Å². The number of rotatable bonds is 6. The number of likely N-dealkylation sites (tertiary alicyclic amines) is 1. The van der Waals surface area contributed by atoms with Crippen LogP contribution in [0.5, 0.6) is 0 Å². The summed E-state index contributed by atoms with van der Waals surface area (Å²) >= 11 is 0. The van der Waals surface area contributed by atoms with Crippen molar-refractivity contribution in [3.63, 3.8) is 0 Å². The second-order valence-corrected chi connectivity index (χ2v) is 4.21. The fraction of sp³-hybridized carbons (Fsp3) is 0.909. The monoisotopic (exact) mass is 213 g/mol. The smallest absolute Gasteiger partial charge is 0.234 e. The number of hydrogen-bond acceptors (Lipinski definition) is 3. The van der Waals surface area contributed by atoms with Crippen molar-refractivity contribution >= 4 is 5.91 Å². The van der Waals surface area contributed by atoms with Gasteiger partial charge in [-0.25, -0.2) is 0 Å². The van der Waals surface area contributed by atoms with E-state index in [4.69, 9.17) is 5.73 Å². The molecule has 1 rings (SSSR count). The predicted molar refractivity (Wildman–Crippen MR) is 61.6 cm³/mol. The first-order chi connectivity index (χ1) is 7.27. The first-order valence-corrected chi connectivity index (χ1v) is 5.98. The summed E-state index contributed by atoms with van der Waals surface area (Å²) in [6, 6.07) is 0.418. The fourth-order valence-corrected chi connectivity index (χ4v) is 2.02. The minimum atomic E-state index is 0.142. The van der Waals surface area contributed by atoms with Crippen LogP contribution >= 0.6 is 0 Å².